The Hall–Kier alpha value is -0.960. The van der Waals surface area contributed by atoms with E-state index in [4.69, 9.17) is 0 Å². The molecular weight excluding hydrogens is 396 g/mol. The molecule has 0 atom stereocenters. The molecule has 0 amide bonds. The van der Waals surface area contributed by atoms with Crippen molar-refractivity contribution < 1.29 is 17.9 Å². The summed E-state index contributed by atoms with van der Waals surface area (Å²) in [6.07, 6.45) is 0. The Bertz CT molecular complexity index is 667. The van der Waals surface area contributed by atoms with Crippen LogP contribution in [0.1, 0.15) is 38.1 Å². The van der Waals surface area contributed by atoms with Crippen molar-refractivity contribution in [2.24, 2.45) is 0 Å². The van der Waals surface area contributed by atoms with Crippen LogP contribution in [0.3, 0.4) is 0 Å². The fourth-order valence-corrected chi connectivity index (χ4v) is 3.90. The number of sulfonamides is 1. The third kappa shape index (κ3) is 5.54. The van der Waals surface area contributed by atoms with Crippen LogP contribution < -0.4 is 4.72 Å². The summed E-state index contributed by atoms with van der Waals surface area (Å²) in [5, 5.41) is 0. The summed E-state index contributed by atoms with van der Waals surface area (Å²) in [7, 11) is -2.44. The largest absolute Gasteiger partial charge is 0.465 e. The highest BCUT2D eigenvalue weighted by atomic mass is 79.9. The fraction of sp³-hybridized carbons (Fsp3) is 0.562. The number of methoxy groups -OCH3 is 1. The molecule has 6 nitrogen and oxygen atoms in total. The third-order valence-electron chi connectivity index (χ3n) is 3.64. The van der Waals surface area contributed by atoms with E-state index in [9.17, 15) is 13.2 Å². The van der Waals surface area contributed by atoms with Crippen LogP contribution in [0.2, 0.25) is 0 Å². The molecule has 0 unspecified atom stereocenters. The number of halogens is 1. The second-order valence-corrected chi connectivity index (χ2v) is 8.58. The number of carbonyl (C=O) groups excluding carboxylic acids is 1. The zero-order valence-corrected chi connectivity index (χ0v) is 17.1. The first-order chi connectivity index (χ1) is 11.1. The maximum atomic E-state index is 12.4. The lowest BCUT2D eigenvalue weighted by molar-refractivity contribution is 0.0599. The number of carbonyl (C=O) groups is 1. The summed E-state index contributed by atoms with van der Waals surface area (Å²) in [5.74, 6) is -0.593. The second-order valence-electron chi connectivity index (χ2n) is 5.96. The predicted molar refractivity (Wildman–Crippen MR) is 97.6 cm³/mol. The lowest BCUT2D eigenvalue weighted by Crippen LogP contribution is -2.42. The minimum Gasteiger partial charge on any atom is -0.465 e. The van der Waals surface area contributed by atoms with Gasteiger partial charge in [0, 0.05) is 29.6 Å². The highest BCUT2D eigenvalue weighted by Crippen LogP contribution is 2.21. The number of hydrogen-bond donors (Lipinski definition) is 1. The second kappa shape index (κ2) is 8.94. The van der Waals surface area contributed by atoms with Gasteiger partial charge in [0.25, 0.3) is 0 Å². The molecule has 1 aromatic rings. The molecule has 0 aliphatic carbocycles. The Labute approximate surface area is 152 Å². The quantitative estimate of drug-likeness (QED) is 0.654. The van der Waals surface area contributed by atoms with Gasteiger partial charge >= 0.3 is 5.97 Å². The molecule has 0 saturated heterocycles. The summed E-state index contributed by atoms with van der Waals surface area (Å²) in [5.41, 5.74) is 0.173. The van der Waals surface area contributed by atoms with Gasteiger partial charge in [-0.1, -0.05) is 0 Å². The van der Waals surface area contributed by atoms with Crippen molar-refractivity contribution in [2.45, 2.75) is 44.7 Å². The standard InChI is InChI=1S/C16H25BrN2O4S/c1-11(2)19(12(3)4)9-8-18-24(21,22)13-6-7-15(17)14(10-13)16(20)23-5/h6-7,10-12,18H,8-9H2,1-5H3. The molecule has 0 heterocycles. The number of nitrogens with zero attached hydrogens (tertiary/aromatic N) is 1. The van der Waals surface area contributed by atoms with Crippen molar-refractivity contribution in [3.8, 4) is 0 Å². The van der Waals surface area contributed by atoms with Crippen molar-refractivity contribution in [3.05, 3.63) is 28.2 Å². The first-order valence-corrected chi connectivity index (χ1v) is 10.0. The van der Waals surface area contributed by atoms with Crippen LogP contribution in [0, 0.1) is 0 Å². The number of esters is 1. The van der Waals surface area contributed by atoms with E-state index in [1.54, 1.807) is 0 Å². The summed E-state index contributed by atoms with van der Waals surface area (Å²) in [6, 6.07) is 4.93. The highest BCUT2D eigenvalue weighted by molar-refractivity contribution is 9.10. The first-order valence-electron chi connectivity index (χ1n) is 7.73. The normalized spacial score (nSPS) is 12.2. The van der Waals surface area contributed by atoms with E-state index in [0.717, 1.165) is 0 Å². The van der Waals surface area contributed by atoms with Gasteiger partial charge in [0.15, 0.2) is 0 Å². The number of nitrogens with one attached hydrogen (secondary N) is 1. The monoisotopic (exact) mass is 420 g/mol. The first kappa shape index (κ1) is 21.1. The Morgan fingerprint density at radius 2 is 1.83 bits per heavy atom. The number of rotatable bonds is 8. The molecule has 0 saturated carbocycles. The smallest absolute Gasteiger partial charge is 0.339 e. The molecule has 24 heavy (non-hydrogen) atoms. The molecule has 0 fully saturated rings. The van der Waals surface area contributed by atoms with Crippen LogP contribution in [0.4, 0.5) is 0 Å². The van der Waals surface area contributed by atoms with Gasteiger partial charge in [0.1, 0.15) is 0 Å². The molecule has 0 bridgehead atoms. The molecule has 0 aromatic heterocycles. The van der Waals surface area contributed by atoms with Crippen molar-refractivity contribution in [1.82, 2.24) is 9.62 Å². The molecule has 1 aromatic carbocycles. The highest BCUT2D eigenvalue weighted by Gasteiger charge is 2.20. The fourth-order valence-electron chi connectivity index (χ4n) is 2.44. The summed E-state index contributed by atoms with van der Waals surface area (Å²) >= 11 is 3.22. The number of benzene rings is 1. The van der Waals surface area contributed by atoms with Crippen LogP contribution in [0.5, 0.6) is 0 Å². The van der Waals surface area contributed by atoms with Crippen LogP contribution in [0.25, 0.3) is 0 Å². The van der Waals surface area contributed by atoms with Gasteiger partial charge in [0.05, 0.1) is 17.6 Å². The molecule has 1 N–H and O–H groups in total. The lowest BCUT2D eigenvalue weighted by Gasteiger charge is -2.30. The lowest BCUT2D eigenvalue weighted by atomic mass is 10.2. The Morgan fingerprint density at radius 1 is 1.25 bits per heavy atom. The molecule has 0 aliphatic heterocycles. The number of hydrogen-bond acceptors (Lipinski definition) is 5. The molecule has 0 spiro atoms. The van der Waals surface area contributed by atoms with Gasteiger partial charge in [-0.15, -0.1) is 0 Å². The van der Waals surface area contributed by atoms with E-state index >= 15 is 0 Å². The van der Waals surface area contributed by atoms with Crippen LogP contribution in [0.15, 0.2) is 27.6 Å². The van der Waals surface area contributed by atoms with Gasteiger partial charge < -0.3 is 4.74 Å². The van der Waals surface area contributed by atoms with E-state index < -0.39 is 16.0 Å². The van der Waals surface area contributed by atoms with E-state index in [2.05, 4.69) is 58.0 Å². The summed E-state index contributed by atoms with van der Waals surface area (Å²) in [6.45, 7) is 9.20. The molecule has 0 aliphatic rings. The molecule has 1 rings (SSSR count). The van der Waals surface area contributed by atoms with E-state index in [1.807, 2.05) is 0 Å². The molecular formula is C16H25BrN2O4S. The molecule has 136 valence electrons. The van der Waals surface area contributed by atoms with Crippen molar-refractivity contribution in [1.29, 1.82) is 0 Å². The Kier molecular flexibility index (Phi) is 7.85. The predicted octanol–water partition coefficient (Wildman–Crippen LogP) is 2.63. The summed E-state index contributed by atoms with van der Waals surface area (Å²) in [4.78, 5) is 13.9. The van der Waals surface area contributed by atoms with Gasteiger partial charge in [-0.3, -0.25) is 4.90 Å². The maximum absolute atomic E-state index is 12.4. The SMILES string of the molecule is COC(=O)c1cc(S(=O)(=O)NCCN(C(C)C)C(C)C)ccc1Br. The average molecular weight is 421 g/mol. The third-order valence-corrected chi connectivity index (χ3v) is 5.79. The zero-order valence-electron chi connectivity index (χ0n) is 14.7. The summed E-state index contributed by atoms with van der Waals surface area (Å²) < 4.78 is 32.6. The zero-order chi connectivity index (χ0) is 18.5. The van der Waals surface area contributed by atoms with E-state index in [0.29, 0.717) is 29.6 Å². The minimum atomic E-state index is -3.69. The number of ether oxygens (including phenoxy) is 1. The van der Waals surface area contributed by atoms with Crippen molar-refractivity contribution in [2.75, 3.05) is 20.2 Å². The topological polar surface area (TPSA) is 75.7 Å². The van der Waals surface area contributed by atoms with Gasteiger partial charge in [0.2, 0.25) is 10.0 Å². The van der Waals surface area contributed by atoms with Gasteiger partial charge in [-0.25, -0.2) is 17.9 Å². The van der Waals surface area contributed by atoms with Crippen molar-refractivity contribution >= 4 is 31.9 Å². The average Bonchev–Trinajstić information content (AvgIpc) is 2.50. The van der Waals surface area contributed by atoms with E-state index in [1.165, 1.54) is 25.3 Å². The Morgan fingerprint density at radius 3 is 2.33 bits per heavy atom. The van der Waals surface area contributed by atoms with E-state index in [-0.39, 0.29) is 10.5 Å². The molecule has 8 heteroatoms. The van der Waals surface area contributed by atoms with Crippen LogP contribution >= 0.6 is 15.9 Å². The van der Waals surface area contributed by atoms with Crippen LogP contribution in [-0.4, -0.2) is 51.6 Å². The van der Waals surface area contributed by atoms with Crippen LogP contribution in [-0.2, 0) is 14.8 Å². The van der Waals surface area contributed by atoms with Gasteiger partial charge in [-0.05, 0) is 61.8 Å². The maximum Gasteiger partial charge on any atom is 0.339 e. The minimum absolute atomic E-state index is 0.0340. The van der Waals surface area contributed by atoms with Gasteiger partial charge in [-0.2, -0.15) is 0 Å². The Balaban J connectivity index is 2.88. The van der Waals surface area contributed by atoms with Crippen molar-refractivity contribution in [3.63, 3.8) is 0 Å². The molecule has 0 radical (unpaired) electrons.